The molecule has 0 saturated carbocycles. The Bertz CT molecular complexity index is 416. The van der Waals surface area contributed by atoms with Crippen LogP contribution in [-0.4, -0.2) is 0 Å². The zero-order chi connectivity index (χ0) is 15.2. The molecule has 114 valence electrons. The van der Waals surface area contributed by atoms with Crippen molar-refractivity contribution in [2.45, 2.75) is 71.1 Å². The Morgan fingerprint density at radius 1 is 0.905 bits per heavy atom. The first-order valence-corrected chi connectivity index (χ1v) is 8.55. The summed E-state index contributed by atoms with van der Waals surface area (Å²) in [4.78, 5) is 0. The van der Waals surface area contributed by atoms with E-state index in [1.54, 1.807) is 0 Å². The van der Waals surface area contributed by atoms with Crippen LogP contribution >= 0.6 is 0 Å². The van der Waals surface area contributed by atoms with Crippen molar-refractivity contribution < 1.29 is 0 Å². The minimum absolute atomic E-state index is 0.708. The summed E-state index contributed by atoms with van der Waals surface area (Å²) in [5.41, 5.74) is 2.69. The second kappa shape index (κ2) is 12.3. The van der Waals surface area contributed by atoms with Crippen molar-refractivity contribution in [3.05, 3.63) is 41.5 Å². The highest BCUT2D eigenvalue weighted by Gasteiger charge is 1.95. The molecular formula is C21H30. The number of benzene rings is 1. The molecule has 0 amide bonds. The zero-order valence-electron chi connectivity index (χ0n) is 13.6. The lowest BCUT2D eigenvalue weighted by molar-refractivity contribution is 0.575. The van der Waals surface area contributed by atoms with E-state index in [2.05, 4.69) is 43.2 Å². The van der Waals surface area contributed by atoms with E-state index < -0.39 is 0 Å². The Hall–Kier alpha value is -1.48. The lowest BCUT2D eigenvalue weighted by Crippen LogP contribution is -1.87. The summed E-state index contributed by atoms with van der Waals surface area (Å²) in [5.74, 6) is 2.62. The smallest absolute Gasteiger partial charge is 0.0270 e. The lowest BCUT2D eigenvalue weighted by Gasteiger charge is -2.03. The van der Waals surface area contributed by atoms with E-state index in [4.69, 9.17) is 6.42 Å². The highest BCUT2D eigenvalue weighted by atomic mass is 14.0. The third-order valence-electron chi connectivity index (χ3n) is 3.84. The highest BCUT2D eigenvalue weighted by Crippen LogP contribution is 2.12. The first-order valence-electron chi connectivity index (χ1n) is 8.55. The third-order valence-corrected chi connectivity index (χ3v) is 3.84. The monoisotopic (exact) mass is 282 g/mol. The summed E-state index contributed by atoms with van der Waals surface area (Å²) in [6.07, 6.45) is 22.4. The normalized spacial score (nSPS) is 10.9. The van der Waals surface area contributed by atoms with Gasteiger partial charge in [-0.05, 0) is 24.0 Å². The van der Waals surface area contributed by atoms with E-state index in [-0.39, 0.29) is 0 Å². The first kappa shape index (κ1) is 17.6. The quantitative estimate of drug-likeness (QED) is 0.325. The molecular weight excluding hydrogens is 252 g/mol. The van der Waals surface area contributed by atoms with Crippen molar-refractivity contribution in [3.8, 4) is 12.3 Å². The van der Waals surface area contributed by atoms with Crippen molar-refractivity contribution in [3.63, 3.8) is 0 Å². The van der Waals surface area contributed by atoms with Gasteiger partial charge in [0.15, 0.2) is 0 Å². The fraction of sp³-hybridized carbons (Fsp3) is 0.524. The number of hydrogen-bond donors (Lipinski definition) is 0. The molecule has 0 fully saturated rings. The van der Waals surface area contributed by atoms with Gasteiger partial charge in [-0.25, -0.2) is 0 Å². The second-order valence-corrected chi connectivity index (χ2v) is 5.78. The van der Waals surface area contributed by atoms with E-state index >= 15 is 0 Å². The van der Waals surface area contributed by atoms with Crippen LogP contribution in [0.4, 0.5) is 0 Å². The molecule has 0 N–H and O–H groups in total. The van der Waals surface area contributed by atoms with Gasteiger partial charge in [0, 0.05) is 6.42 Å². The molecule has 1 rings (SSSR count). The average molecular weight is 282 g/mol. The summed E-state index contributed by atoms with van der Waals surface area (Å²) in [6, 6.07) is 8.87. The third kappa shape index (κ3) is 9.14. The first-order chi connectivity index (χ1) is 10.4. The largest absolute Gasteiger partial charge is 0.120 e. The van der Waals surface area contributed by atoms with Crippen LogP contribution in [0, 0.1) is 12.3 Å². The van der Waals surface area contributed by atoms with Crippen LogP contribution in [-0.2, 0) is 6.42 Å². The van der Waals surface area contributed by atoms with Crippen LogP contribution in [0.1, 0.15) is 75.8 Å². The Balaban J connectivity index is 2.11. The Morgan fingerprint density at radius 2 is 1.52 bits per heavy atom. The maximum absolute atomic E-state index is 5.23. The average Bonchev–Trinajstić information content (AvgIpc) is 2.52. The van der Waals surface area contributed by atoms with Gasteiger partial charge < -0.3 is 0 Å². The number of unbranched alkanes of at least 4 members (excludes halogenated alkanes) is 7. The molecule has 0 atom stereocenters. The van der Waals surface area contributed by atoms with Crippen LogP contribution in [0.15, 0.2) is 30.3 Å². The molecule has 0 heterocycles. The summed E-state index contributed by atoms with van der Waals surface area (Å²) in [5, 5.41) is 0. The molecule has 1 aromatic carbocycles. The molecule has 0 heteroatoms. The van der Waals surface area contributed by atoms with E-state index in [0.29, 0.717) is 6.42 Å². The number of aryl methyl sites for hydroxylation is 1. The molecule has 0 aliphatic heterocycles. The molecule has 0 aromatic heterocycles. The predicted octanol–water partition coefficient (Wildman–Crippen LogP) is 6.41. The molecule has 0 nitrogen and oxygen atoms in total. The van der Waals surface area contributed by atoms with Gasteiger partial charge in [0.2, 0.25) is 0 Å². The Kier molecular flexibility index (Phi) is 10.3. The summed E-state index contributed by atoms with van der Waals surface area (Å²) < 4.78 is 0. The molecule has 0 radical (unpaired) electrons. The summed E-state index contributed by atoms with van der Waals surface area (Å²) in [7, 11) is 0. The van der Waals surface area contributed by atoms with Gasteiger partial charge in [0.05, 0.1) is 0 Å². The molecule has 0 saturated heterocycles. The zero-order valence-corrected chi connectivity index (χ0v) is 13.6. The highest BCUT2D eigenvalue weighted by molar-refractivity contribution is 5.50. The molecule has 0 spiro atoms. The molecule has 0 aliphatic rings. The predicted molar refractivity (Wildman–Crippen MR) is 95.2 cm³/mol. The van der Waals surface area contributed by atoms with E-state index in [1.165, 1.54) is 68.9 Å². The van der Waals surface area contributed by atoms with Crippen LogP contribution in [0.2, 0.25) is 0 Å². The fourth-order valence-corrected chi connectivity index (χ4v) is 2.52. The van der Waals surface area contributed by atoms with Crippen LogP contribution in [0.3, 0.4) is 0 Å². The number of allylic oxidation sites excluding steroid dienone is 1. The lowest BCUT2D eigenvalue weighted by atomic mass is 10.0. The van der Waals surface area contributed by atoms with E-state index in [1.807, 2.05) is 6.08 Å². The molecule has 1 aromatic rings. The maximum atomic E-state index is 5.23. The molecule has 0 unspecified atom stereocenters. The van der Waals surface area contributed by atoms with Crippen molar-refractivity contribution in [2.75, 3.05) is 0 Å². The standard InChI is InChI=1S/C21H30/c1-3-5-7-8-9-10-11-13-15-21-18-16-20(17-19-21)14-12-6-4-2/h2,12,14,16-19H,3,5-11,13,15H2,1H3. The van der Waals surface area contributed by atoms with Gasteiger partial charge in [-0.2, -0.15) is 0 Å². The number of rotatable bonds is 11. The van der Waals surface area contributed by atoms with Crippen LogP contribution in [0.5, 0.6) is 0 Å². The van der Waals surface area contributed by atoms with Gasteiger partial charge in [0.25, 0.3) is 0 Å². The summed E-state index contributed by atoms with van der Waals surface area (Å²) in [6.45, 7) is 2.27. The van der Waals surface area contributed by atoms with Crippen LogP contribution in [0.25, 0.3) is 6.08 Å². The van der Waals surface area contributed by atoms with Crippen LogP contribution < -0.4 is 0 Å². The Labute approximate surface area is 131 Å². The van der Waals surface area contributed by atoms with Gasteiger partial charge in [-0.3, -0.25) is 0 Å². The van der Waals surface area contributed by atoms with E-state index in [9.17, 15) is 0 Å². The maximum Gasteiger partial charge on any atom is 0.0270 e. The van der Waals surface area contributed by atoms with Gasteiger partial charge in [-0.1, -0.05) is 88.3 Å². The second-order valence-electron chi connectivity index (χ2n) is 5.78. The van der Waals surface area contributed by atoms with Gasteiger partial charge in [0.1, 0.15) is 0 Å². The van der Waals surface area contributed by atoms with Gasteiger partial charge in [-0.15, -0.1) is 12.3 Å². The molecule has 0 bridgehead atoms. The van der Waals surface area contributed by atoms with Crippen molar-refractivity contribution in [2.24, 2.45) is 0 Å². The molecule has 21 heavy (non-hydrogen) atoms. The Morgan fingerprint density at radius 3 is 2.14 bits per heavy atom. The van der Waals surface area contributed by atoms with Gasteiger partial charge >= 0.3 is 0 Å². The topological polar surface area (TPSA) is 0 Å². The SMILES string of the molecule is C#CCC=Cc1ccc(CCCCCCCCCC)cc1. The number of hydrogen-bond acceptors (Lipinski definition) is 0. The van der Waals surface area contributed by atoms with E-state index in [0.717, 1.165) is 0 Å². The van der Waals surface area contributed by atoms with Crippen molar-refractivity contribution in [1.29, 1.82) is 0 Å². The van der Waals surface area contributed by atoms with Crippen molar-refractivity contribution in [1.82, 2.24) is 0 Å². The minimum atomic E-state index is 0.708. The molecule has 0 aliphatic carbocycles. The summed E-state index contributed by atoms with van der Waals surface area (Å²) >= 11 is 0. The minimum Gasteiger partial charge on any atom is -0.120 e. The number of terminal acetylenes is 1. The fourth-order valence-electron chi connectivity index (χ4n) is 2.52. The van der Waals surface area contributed by atoms with Crippen molar-refractivity contribution >= 4 is 6.08 Å².